The Kier molecular flexibility index (Phi) is 5.47. The largest absolute Gasteiger partial charge is 0.365 e. The van der Waals surface area contributed by atoms with Gasteiger partial charge in [0.15, 0.2) is 11.5 Å². The molecule has 0 aliphatic heterocycles. The summed E-state index contributed by atoms with van der Waals surface area (Å²) in [5.41, 5.74) is 4.12. The fourth-order valence-corrected chi connectivity index (χ4v) is 3.49. The Labute approximate surface area is 190 Å². The lowest BCUT2D eigenvalue weighted by atomic mass is 10.1. The van der Waals surface area contributed by atoms with Crippen LogP contribution >= 0.6 is 0 Å². The Bertz CT molecular complexity index is 1380. The van der Waals surface area contributed by atoms with Crippen molar-refractivity contribution in [2.24, 2.45) is 0 Å². The number of pyridine rings is 1. The number of hydrogen-bond donors (Lipinski definition) is 1. The Morgan fingerprint density at radius 1 is 0.909 bits per heavy atom. The number of anilines is 2. The second kappa shape index (κ2) is 8.88. The molecule has 0 fully saturated rings. The maximum absolute atomic E-state index is 12.6. The van der Waals surface area contributed by atoms with Gasteiger partial charge >= 0.3 is 0 Å². The maximum atomic E-state index is 12.6. The molecule has 5 rings (SSSR count). The summed E-state index contributed by atoms with van der Waals surface area (Å²) in [5, 5.41) is 16.5. The summed E-state index contributed by atoms with van der Waals surface area (Å²) in [5.74, 6) is 1.33. The number of fused-ring (bicyclic) bond motifs is 1. The van der Waals surface area contributed by atoms with Gasteiger partial charge in [-0.15, -0.1) is 15.3 Å². The molecule has 1 amide bonds. The van der Waals surface area contributed by atoms with Crippen molar-refractivity contribution in [1.82, 2.24) is 24.8 Å². The average molecular weight is 435 g/mol. The first-order chi connectivity index (χ1) is 16.2. The lowest BCUT2D eigenvalue weighted by Gasteiger charge is -2.18. The fourth-order valence-electron chi connectivity index (χ4n) is 3.49. The number of hydrogen-bond acceptors (Lipinski definition) is 6. The minimum Gasteiger partial charge on any atom is -0.365 e. The van der Waals surface area contributed by atoms with E-state index < -0.39 is 0 Å². The smallest absolute Gasteiger partial charge is 0.258 e. The number of aromatic nitrogens is 5. The highest BCUT2D eigenvalue weighted by Crippen LogP contribution is 2.19. The Hall–Kier alpha value is -4.59. The van der Waals surface area contributed by atoms with Crippen molar-refractivity contribution < 1.29 is 4.79 Å². The van der Waals surface area contributed by atoms with Crippen molar-refractivity contribution in [3.05, 3.63) is 102 Å². The van der Waals surface area contributed by atoms with Gasteiger partial charge in [0.2, 0.25) is 0 Å². The molecule has 0 spiro atoms. The van der Waals surface area contributed by atoms with Gasteiger partial charge in [-0.1, -0.05) is 42.5 Å². The zero-order chi connectivity index (χ0) is 22.6. The van der Waals surface area contributed by atoms with Crippen molar-refractivity contribution in [3.8, 4) is 11.4 Å². The first kappa shape index (κ1) is 20.3. The molecule has 0 bridgehead atoms. The van der Waals surface area contributed by atoms with Crippen LogP contribution in [0, 0.1) is 0 Å². The molecule has 0 atom stereocenters. The number of rotatable bonds is 6. The monoisotopic (exact) mass is 435 g/mol. The minimum absolute atomic E-state index is 0.0797. The van der Waals surface area contributed by atoms with E-state index in [1.54, 1.807) is 41.0 Å². The third-order valence-corrected chi connectivity index (χ3v) is 5.32. The van der Waals surface area contributed by atoms with E-state index in [1.807, 2.05) is 66.7 Å². The van der Waals surface area contributed by atoms with Crippen LogP contribution in [0.25, 0.3) is 17.0 Å². The quantitative estimate of drug-likeness (QED) is 0.432. The molecule has 3 aromatic heterocycles. The van der Waals surface area contributed by atoms with Gasteiger partial charge in [-0.05, 0) is 42.0 Å². The van der Waals surface area contributed by atoms with Crippen molar-refractivity contribution >= 4 is 23.1 Å². The normalized spacial score (nSPS) is 10.8. The van der Waals surface area contributed by atoms with Crippen LogP contribution in [0.15, 0.2) is 91.3 Å². The Morgan fingerprint density at radius 3 is 2.42 bits per heavy atom. The van der Waals surface area contributed by atoms with E-state index in [0.29, 0.717) is 29.4 Å². The van der Waals surface area contributed by atoms with E-state index >= 15 is 0 Å². The van der Waals surface area contributed by atoms with Gasteiger partial charge in [0.05, 0.1) is 0 Å². The van der Waals surface area contributed by atoms with E-state index in [-0.39, 0.29) is 5.91 Å². The van der Waals surface area contributed by atoms with Gasteiger partial charge in [0, 0.05) is 42.8 Å². The number of nitrogens with zero attached hydrogens (tertiary/aromatic N) is 6. The second-order valence-corrected chi connectivity index (χ2v) is 7.50. The molecule has 0 aliphatic carbocycles. The average Bonchev–Trinajstić information content (AvgIpc) is 3.31. The number of amides is 1. The number of carbonyl (C=O) groups excluding carboxylic acids is 1. The first-order valence-electron chi connectivity index (χ1n) is 10.5. The summed E-state index contributed by atoms with van der Waals surface area (Å²) in [6, 6.07) is 24.9. The van der Waals surface area contributed by atoms with Crippen LogP contribution in [-0.4, -0.2) is 37.8 Å². The van der Waals surface area contributed by atoms with Gasteiger partial charge in [0.25, 0.3) is 5.91 Å². The van der Waals surface area contributed by atoms with E-state index in [4.69, 9.17) is 0 Å². The first-order valence-corrected chi connectivity index (χ1v) is 10.5. The second-order valence-electron chi connectivity index (χ2n) is 7.50. The highest BCUT2D eigenvalue weighted by molar-refractivity contribution is 6.05. The maximum Gasteiger partial charge on any atom is 0.258 e. The molecule has 5 aromatic rings. The summed E-state index contributed by atoms with van der Waals surface area (Å²) in [7, 11) is 1.76. The van der Waals surface area contributed by atoms with Crippen LogP contribution in [0.2, 0.25) is 0 Å². The van der Waals surface area contributed by atoms with Crippen LogP contribution in [0.1, 0.15) is 15.9 Å². The number of carbonyl (C=O) groups is 1. The van der Waals surface area contributed by atoms with Crippen molar-refractivity contribution in [2.75, 3.05) is 17.3 Å². The van der Waals surface area contributed by atoms with Crippen LogP contribution in [0.4, 0.5) is 11.5 Å². The van der Waals surface area contributed by atoms with Crippen LogP contribution in [-0.2, 0) is 6.54 Å². The molecular formula is C25H21N7O. The van der Waals surface area contributed by atoms with E-state index in [9.17, 15) is 4.79 Å². The predicted molar refractivity (Wildman–Crippen MR) is 127 cm³/mol. The zero-order valence-corrected chi connectivity index (χ0v) is 18.0. The molecule has 1 N–H and O–H groups in total. The van der Waals surface area contributed by atoms with Crippen LogP contribution in [0.3, 0.4) is 0 Å². The van der Waals surface area contributed by atoms with Gasteiger partial charge in [-0.25, -0.2) is 0 Å². The molecule has 8 nitrogen and oxygen atoms in total. The summed E-state index contributed by atoms with van der Waals surface area (Å²) >= 11 is 0. The van der Waals surface area contributed by atoms with Gasteiger partial charge < -0.3 is 10.2 Å². The number of benzene rings is 2. The van der Waals surface area contributed by atoms with Crippen molar-refractivity contribution in [1.29, 1.82) is 0 Å². The highest BCUT2D eigenvalue weighted by Gasteiger charge is 2.13. The summed E-state index contributed by atoms with van der Waals surface area (Å²) in [4.78, 5) is 18.2. The molecule has 0 unspecified atom stereocenters. The molecular weight excluding hydrogens is 414 g/mol. The third kappa shape index (κ3) is 4.27. The molecule has 0 saturated carbocycles. The van der Waals surface area contributed by atoms with Crippen LogP contribution < -0.4 is 10.2 Å². The molecule has 8 heteroatoms. The summed E-state index contributed by atoms with van der Waals surface area (Å²) < 4.78 is 1.74. The molecule has 3 heterocycles. The van der Waals surface area contributed by atoms with Gasteiger partial charge in [0.1, 0.15) is 5.82 Å². The van der Waals surface area contributed by atoms with Gasteiger partial charge in [-0.2, -0.15) is 4.52 Å². The summed E-state index contributed by atoms with van der Waals surface area (Å²) in [6.45, 7) is 0.587. The molecule has 0 saturated heterocycles. The van der Waals surface area contributed by atoms with E-state index in [1.165, 1.54) is 0 Å². The molecule has 162 valence electrons. The standard InChI is InChI=1S/C25H21N7O/c1-31(25(33)20-13-15-26-16-14-20)21-9-7-18(8-10-21)17-27-22-11-12-23-28-29-24(32(23)30-22)19-5-3-2-4-6-19/h2-16H,17H2,1H3,(H,27,30). The molecule has 33 heavy (non-hydrogen) atoms. The lowest BCUT2D eigenvalue weighted by Crippen LogP contribution is -2.26. The van der Waals surface area contributed by atoms with Crippen molar-refractivity contribution in [2.45, 2.75) is 6.54 Å². The minimum atomic E-state index is -0.0797. The SMILES string of the molecule is CN(C(=O)c1ccncc1)c1ccc(CNc2ccc3nnc(-c4ccccc4)n3n2)cc1. The van der Waals surface area contributed by atoms with E-state index in [0.717, 1.165) is 16.8 Å². The molecule has 0 aliphatic rings. The zero-order valence-electron chi connectivity index (χ0n) is 18.0. The highest BCUT2D eigenvalue weighted by atomic mass is 16.2. The van der Waals surface area contributed by atoms with Crippen LogP contribution in [0.5, 0.6) is 0 Å². The lowest BCUT2D eigenvalue weighted by molar-refractivity contribution is 0.0993. The summed E-state index contributed by atoms with van der Waals surface area (Å²) in [6.07, 6.45) is 3.23. The number of nitrogens with one attached hydrogen (secondary N) is 1. The van der Waals surface area contributed by atoms with E-state index in [2.05, 4.69) is 25.6 Å². The molecule has 2 aromatic carbocycles. The Balaban J connectivity index is 1.28. The molecule has 0 radical (unpaired) electrons. The topological polar surface area (TPSA) is 88.3 Å². The third-order valence-electron chi connectivity index (χ3n) is 5.32. The Morgan fingerprint density at radius 2 is 1.67 bits per heavy atom. The predicted octanol–water partition coefficient (Wildman–Crippen LogP) is 4.08. The van der Waals surface area contributed by atoms with Gasteiger partial charge in [-0.3, -0.25) is 9.78 Å². The van der Waals surface area contributed by atoms with Crippen molar-refractivity contribution in [3.63, 3.8) is 0 Å². The fraction of sp³-hybridized carbons (Fsp3) is 0.0800.